The van der Waals surface area contributed by atoms with Crippen LogP contribution in [-0.2, 0) is 10.0 Å². The normalized spacial score (nSPS) is 22.2. The van der Waals surface area contributed by atoms with Crippen LogP contribution in [0, 0.1) is 23.1 Å². The van der Waals surface area contributed by atoms with Crippen molar-refractivity contribution < 1.29 is 17.9 Å². The molecule has 2 N–H and O–H groups in total. The van der Waals surface area contributed by atoms with Gasteiger partial charge in [-0.05, 0) is 71.6 Å². The van der Waals surface area contributed by atoms with Gasteiger partial charge in [0.15, 0.2) is 0 Å². The van der Waals surface area contributed by atoms with E-state index in [1.54, 1.807) is 12.1 Å². The molecule has 6 nitrogen and oxygen atoms in total. The third-order valence-corrected chi connectivity index (χ3v) is 8.46. The number of rotatable bonds is 4. The van der Waals surface area contributed by atoms with E-state index in [0.717, 1.165) is 34.5 Å². The summed E-state index contributed by atoms with van der Waals surface area (Å²) in [6.45, 7) is 0.192. The predicted octanol–water partition coefficient (Wildman–Crippen LogP) is 3.90. The van der Waals surface area contributed by atoms with Gasteiger partial charge in [-0.2, -0.15) is 9.57 Å². The molecule has 0 bridgehead atoms. The number of aliphatic hydroxyl groups excluding tert-OH is 1. The average molecular weight is 464 g/mol. The van der Waals surface area contributed by atoms with Crippen molar-refractivity contribution in [3.8, 4) is 17.2 Å². The molecule has 33 heavy (non-hydrogen) atoms. The van der Waals surface area contributed by atoms with Gasteiger partial charge in [0, 0.05) is 18.2 Å². The molecule has 5 rings (SSSR count). The second-order valence-corrected chi connectivity index (χ2v) is 10.3. The molecule has 3 aromatic rings. The summed E-state index contributed by atoms with van der Waals surface area (Å²) >= 11 is 0. The summed E-state index contributed by atoms with van der Waals surface area (Å²) in [7, 11) is -3.87. The average Bonchev–Trinajstić information content (AvgIpc) is 3.30. The molecule has 1 saturated heterocycles. The van der Waals surface area contributed by atoms with Gasteiger partial charge in [0.1, 0.15) is 5.82 Å². The van der Waals surface area contributed by atoms with Gasteiger partial charge in [-0.15, -0.1) is 0 Å². The molecule has 0 spiro atoms. The standard InChI is InChI=1S/C25H22FN3O3S/c26-19-5-7-20(8-6-19)33(31,32)29-11-10-21-24(15-30)28-23-9-4-18(13-22(23)25(21)29)17-3-1-2-16(12-17)14-27/h1-9,12-13,21,24-25,28,30H,10-11,15H2/t21-,24+,25-/m0/s1. The van der Waals surface area contributed by atoms with Crippen LogP contribution in [0.25, 0.3) is 11.1 Å². The van der Waals surface area contributed by atoms with E-state index in [1.807, 2.05) is 30.3 Å². The van der Waals surface area contributed by atoms with E-state index < -0.39 is 21.9 Å². The Balaban J connectivity index is 1.61. The van der Waals surface area contributed by atoms with Crippen molar-refractivity contribution in [3.05, 3.63) is 83.7 Å². The Hall–Kier alpha value is -3.25. The van der Waals surface area contributed by atoms with E-state index in [-0.39, 0.29) is 23.5 Å². The maximum absolute atomic E-state index is 13.5. The smallest absolute Gasteiger partial charge is 0.243 e. The number of nitriles is 1. The molecule has 0 amide bonds. The lowest BCUT2D eigenvalue weighted by atomic mass is 9.82. The number of nitrogens with zero attached hydrogens (tertiary/aromatic N) is 2. The van der Waals surface area contributed by atoms with Gasteiger partial charge in [0.25, 0.3) is 0 Å². The molecule has 2 aliphatic rings. The first-order chi connectivity index (χ1) is 15.9. The van der Waals surface area contributed by atoms with E-state index >= 15 is 0 Å². The summed E-state index contributed by atoms with van der Waals surface area (Å²) in [6, 6.07) is 19.3. The van der Waals surface area contributed by atoms with Gasteiger partial charge in [0.2, 0.25) is 10.0 Å². The molecule has 3 aromatic carbocycles. The third-order valence-electron chi connectivity index (χ3n) is 6.57. The first-order valence-electron chi connectivity index (χ1n) is 10.7. The van der Waals surface area contributed by atoms with Crippen molar-refractivity contribution >= 4 is 15.7 Å². The van der Waals surface area contributed by atoms with Crippen LogP contribution in [0.3, 0.4) is 0 Å². The van der Waals surface area contributed by atoms with Crippen molar-refractivity contribution in [2.75, 3.05) is 18.5 Å². The SMILES string of the molecule is N#Cc1cccc(-c2ccc3c(c2)[C@@H]2[C@@H](CCN2S(=O)(=O)c2ccc(F)cc2)[C@@H](CO)N3)c1. The fraction of sp³-hybridized carbons (Fsp3) is 0.240. The maximum Gasteiger partial charge on any atom is 0.243 e. The third kappa shape index (κ3) is 3.68. The number of sulfonamides is 1. The fourth-order valence-corrected chi connectivity index (χ4v) is 6.65. The zero-order valence-corrected chi connectivity index (χ0v) is 18.5. The second-order valence-electron chi connectivity index (χ2n) is 8.40. The number of hydrogen-bond acceptors (Lipinski definition) is 5. The summed E-state index contributed by atoms with van der Waals surface area (Å²) < 4.78 is 41.9. The Kier molecular flexibility index (Phi) is 5.41. The molecule has 2 heterocycles. The van der Waals surface area contributed by atoms with Crippen LogP contribution < -0.4 is 5.32 Å². The van der Waals surface area contributed by atoms with E-state index in [2.05, 4.69) is 11.4 Å². The zero-order valence-electron chi connectivity index (χ0n) is 17.6. The van der Waals surface area contributed by atoms with Crippen molar-refractivity contribution in [2.45, 2.75) is 23.4 Å². The van der Waals surface area contributed by atoms with Crippen molar-refractivity contribution in [1.29, 1.82) is 5.26 Å². The molecular formula is C25H22FN3O3S. The van der Waals surface area contributed by atoms with Crippen LogP contribution in [0.15, 0.2) is 71.6 Å². The van der Waals surface area contributed by atoms with E-state index in [0.29, 0.717) is 18.5 Å². The Morgan fingerprint density at radius 3 is 2.58 bits per heavy atom. The van der Waals surface area contributed by atoms with Gasteiger partial charge < -0.3 is 10.4 Å². The molecule has 168 valence electrons. The monoisotopic (exact) mass is 463 g/mol. The van der Waals surface area contributed by atoms with Crippen molar-refractivity contribution in [3.63, 3.8) is 0 Å². The lowest BCUT2D eigenvalue weighted by molar-refractivity contribution is 0.210. The van der Waals surface area contributed by atoms with E-state index in [1.165, 1.54) is 16.4 Å². The van der Waals surface area contributed by atoms with Crippen LogP contribution in [0.4, 0.5) is 10.1 Å². The fourth-order valence-electron chi connectivity index (χ4n) is 4.98. The quantitative estimate of drug-likeness (QED) is 0.612. The molecule has 3 atom stereocenters. The van der Waals surface area contributed by atoms with Crippen LogP contribution in [0.5, 0.6) is 0 Å². The number of halogens is 1. The summed E-state index contributed by atoms with van der Waals surface area (Å²) in [4.78, 5) is 0.0445. The van der Waals surface area contributed by atoms with Crippen molar-refractivity contribution in [2.24, 2.45) is 5.92 Å². The number of hydrogen-bond donors (Lipinski definition) is 2. The van der Waals surface area contributed by atoms with Crippen LogP contribution in [0.1, 0.15) is 23.6 Å². The highest BCUT2D eigenvalue weighted by Crippen LogP contribution is 2.49. The molecule has 0 aromatic heterocycles. The largest absolute Gasteiger partial charge is 0.394 e. The number of benzene rings is 3. The van der Waals surface area contributed by atoms with Gasteiger partial charge in [0.05, 0.1) is 35.2 Å². The lowest BCUT2D eigenvalue weighted by Gasteiger charge is -2.39. The number of nitrogens with one attached hydrogen (secondary N) is 1. The molecule has 0 aliphatic carbocycles. The molecule has 1 fully saturated rings. The minimum Gasteiger partial charge on any atom is -0.394 e. The summed E-state index contributed by atoms with van der Waals surface area (Å²) in [5.74, 6) is -0.608. The van der Waals surface area contributed by atoms with E-state index in [4.69, 9.17) is 0 Å². The molecule has 0 unspecified atom stereocenters. The second kappa shape index (κ2) is 8.27. The zero-order chi connectivity index (χ0) is 23.2. The molecule has 8 heteroatoms. The van der Waals surface area contributed by atoms with Gasteiger partial charge >= 0.3 is 0 Å². The highest BCUT2D eigenvalue weighted by molar-refractivity contribution is 7.89. The lowest BCUT2D eigenvalue weighted by Crippen LogP contribution is -2.42. The number of aliphatic hydroxyl groups is 1. The summed E-state index contributed by atoms with van der Waals surface area (Å²) in [5.41, 5.74) is 3.89. The summed E-state index contributed by atoms with van der Waals surface area (Å²) in [5, 5.41) is 22.6. The first kappa shape index (κ1) is 21.6. The molecule has 2 aliphatic heterocycles. The summed E-state index contributed by atoms with van der Waals surface area (Å²) in [6.07, 6.45) is 0.594. The Labute approximate surface area is 192 Å². The van der Waals surface area contributed by atoms with Gasteiger partial charge in [-0.25, -0.2) is 12.8 Å². The van der Waals surface area contributed by atoms with E-state index in [9.17, 15) is 23.2 Å². The number of fused-ring (bicyclic) bond motifs is 3. The van der Waals surface area contributed by atoms with Gasteiger partial charge in [-0.3, -0.25) is 0 Å². The minimum atomic E-state index is -3.87. The highest BCUT2D eigenvalue weighted by Gasteiger charge is 2.48. The number of anilines is 1. The van der Waals surface area contributed by atoms with Crippen molar-refractivity contribution in [1.82, 2.24) is 4.31 Å². The first-order valence-corrected chi connectivity index (χ1v) is 12.2. The van der Waals surface area contributed by atoms with Crippen LogP contribution in [0.2, 0.25) is 0 Å². The van der Waals surface area contributed by atoms with Gasteiger partial charge in [-0.1, -0.05) is 18.2 Å². The molecular weight excluding hydrogens is 441 g/mol. The minimum absolute atomic E-state index is 0.0445. The predicted molar refractivity (Wildman–Crippen MR) is 122 cm³/mol. The Bertz CT molecular complexity index is 1350. The Morgan fingerprint density at radius 1 is 1.09 bits per heavy atom. The van der Waals surface area contributed by atoms with Crippen LogP contribution >= 0.6 is 0 Å². The Morgan fingerprint density at radius 2 is 1.85 bits per heavy atom. The topological polar surface area (TPSA) is 93.4 Å². The van der Waals surface area contributed by atoms with Crippen LogP contribution in [-0.4, -0.2) is 37.0 Å². The highest BCUT2D eigenvalue weighted by atomic mass is 32.2. The maximum atomic E-state index is 13.5. The molecule has 0 saturated carbocycles. The molecule has 0 radical (unpaired) electrons.